The van der Waals surface area contributed by atoms with Gasteiger partial charge in [-0.25, -0.2) is 4.79 Å². The number of ether oxygens (including phenoxy) is 2. The summed E-state index contributed by atoms with van der Waals surface area (Å²) < 4.78 is 10.2. The zero-order chi connectivity index (χ0) is 16.3. The lowest BCUT2D eigenvalue weighted by molar-refractivity contribution is -0.148. The topological polar surface area (TPSA) is 52.6 Å². The highest BCUT2D eigenvalue weighted by molar-refractivity contribution is 5.90. The lowest BCUT2D eigenvalue weighted by Gasteiger charge is -2.15. The fourth-order valence-corrected chi connectivity index (χ4v) is 2.64. The molecule has 1 aliphatic rings. The van der Waals surface area contributed by atoms with Gasteiger partial charge in [-0.2, -0.15) is 0 Å². The maximum atomic E-state index is 12.5. The molecule has 0 bridgehead atoms. The van der Waals surface area contributed by atoms with Crippen molar-refractivity contribution in [1.82, 2.24) is 0 Å². The number of hydrogen-bond acceptors (Lipinski definition) is 4. The monoisotopic (exact) mass is 310 g/mol. The van der Waals surface area contributed by atoms with Crippen molar-refractivity contribution in [2.24, 2.45) is 0 Å². The average Bonchev–Trinajstić information content (AvgIpc) is 3.42. The van der Waals surface area contributed by atoms with E-state index in [4.69, 9.17) is 4.74 Å². The Morgan fingerprint density at radius 2 is 1.65 bits per heavy atom. The van der Waals surface area contributed by atoms with Crippen molar-refractivity contribution in [3.8, 4) is 0 Å². The summed E-state index contributed by atoms with van der Waals surface area (Å²) in [6, 6.07) is 16.6. The zero-order valence-corrected chi connectivity index (χ0v) is 13.0. The van der Waals surface area contributed by atoms with Gasteiger partial charge in [0.05, 0.1) is 18.1 Å². The van der Waals surface area contributed by atoms with Crippen LogP contribution in [-0.2, 0) is 26.3 Å². The summed E-state index contributed by atoms with van der Waals surface area (Å²) in [5.41, 5.74) is 1.79. The van der Waals surface area contributed by atoms with Crippen LogP contribution in [-0.4, -0.2) is 19.0 Å². The first-order valence-electron chi connectivity index (χ1n) is 7.56. The van der Waals surface area contributed by atoms with Crippen molar-refractivity contribution in [3.05, 3.63) is 71.3 Å². The van der Waals surface area contributed by atoms with E-state index in [-0.39, 0.29) is 18.5 Å². The number of rotatable bonds is 5. The van der Waals surface area contributed by atoms with Gasteiger partial charge in [0.2, 0.25) is 0 Å². The summed E-state index contributed by atoms with van der Waals surface area (Å²) in [5, 5.41) is 0. The number of carbonyl (C=O) groups excluding carboxylic acids is 2. The van der Waals surface area contributed by atoms with Crippen LogP contribution in [0.3, 0.4) is 0 Å². The second-order valence-electron chi connectivity index (χ2n) is 5.71. The predicted molar refractivity (Wildman–Crippen MR) is 84.9 cm³/mol. The van der Waals surface area contributed by atoms with Crippen molar-refractivity contribution in [3.63, 3.8) is 0 Å². The van der Waals surface area contributed by atoms with Gasteiger partial charge in [-0.15, -0.1) is 0 Å². The van der Waals surface area contributed by atoms with E-state index in [1.165, 1.54) is 7.11 Å². The molecule has 0 atom stereocenters. The minimum atomic E-state index is -0.552. The van der Waals surface area contributed by atoms with Crippen LogP contribution in [0.1, 0.15) is 34.3 Å². The van der Waals surface area contributed by atoms with E-state index in [2.05, 4.69) is 4.74 Å². The predicted octanol–water partition coefficient (Wildman–Crippen LogP) is 3.25. The molecule has 0 N–H and O–H groups in total. The van der Waals surface area contributed by atoms with Crippen LogP contribution in [0.15, 0.2) is 54.6 Å². The van der Waals surface area contributed by atoms with Gasteiger partial charge in [-0.1, -0.05) is 42.5 Å². The van der Waals surface area contributed by atoms with E-state index in [0.717, 1.165) is 24.0 Å². The van der Waals surface area contributed by atoms with E-state index < -0.39 is 5.41 Å². The molecular weight excluding hydrogens is 292 g/mol. The summed E-state index contributed by atoms with van der Waals surface area (Å²) in [6.45, 7) is 0.279. The minimum Gasteiger partial charge on any atom is -0.465 e. The molecule has 0 unspecified atom stereocenters. The van der Waals surface area contributed by atoms with E-state index in [0.29, 0.717) is 5.56 Å². The van der Waals surface area contributed by atoms with Crippen molar-refractivity contribution in [2.45, 2.75) is 24.9 Å². The smallest absolute Gasteiger partial charge is 0.337 e. The van der Waals surface area contributed by atoms with Crippen molar-refractivity contribution < 1.29 is 19.1 Å². The van der Waals surface area contributed by atoms with Gasteiger partial charge in [0.1, 0.15) is 6.61 Å². The highest BCUT2D eigenvalue weighted by atomic mass is 16.5. The van der Waals surface area contributed by atoms with Gasteiger partial charge in [-0.3, -0.25) is 4.79 Å². The van der Waals surface area contributed by atoms with Crippen LogP contribution in [0.4, 0.5) is 0 Å². The van der Waals surface area contributed by atoms with Gasteiger partial charge in [-0.05, 0) is 36.1 Å². The Kier molecular flexibility index (Phi) is 4.15. The zero-order valence-electron chi connectivity index (χ0n) is 13.0. The largest absolute Gasteiger partial charge is 0.465 e. The summed E-state index contributed by atoms with van der Waals surface area (Å²) in [7, 11) is 1.35. The van der Waals surface area contributed by atoms with Crippen LogP contribution >= 0.6 is 0 Å². The third-order valence-corrected chi connectivity index (χ3v) is 4.21. The molecule has 1 fully saturated rings. The molecule has 23 heavy (non-hydrogen) atoms. The van der Waals surface area contributed by atoms with Gasteiger partial charge in [0.25, 0.3) is 0 Å². The number of methoxy groups -OCH3 is 1. The van der Waals surface area contributed by atoms with Gasteiger partial charge < -0.3 is 9.47 Å². The Balaban J connectivity index is 1.69. The standard InChI is InChI=1S/C19H18O4/c1-22-17(20)15-7-9-16(10-8-15)19(11-12-19)18(21)23-13-14-5-3-2-4-6-14/h2-10H,11-13H2,1H3. The van der Waals surface area contributed by atoms with Gasteiger partial charge in [0, 0.05) is 0 Å². The highest BCUT2D eigenvalue weighted by Gasteiger charge is 2.52. The molecule has 2 aromatic carbocycles. The van der Waals surface area contributed by atoms with Crippen LogP contribution in [0.25, 0.3) is 0 Å². The van der Waals surface area contributed by atoms with E-state index in [1.54, 1.807) is 12.1 Å². The molecule has 0 spiro atoms. The van der Waals surface area contributed by atoms with Crippen molar-refractivity contribution >= 4 is 11.9 Å². The molecule has 0 radical (unpaired) electrons. The highest BCUT2D eigenvalue weighted by Crippen LogP contribution is 2.49. The molecule has 4 nitrogen and oxygen atoms in total. The van der Waals surface area contributed by atoms with Gasteiger partial charge in [0.15, 0.2) is 0 Å². The average molecular weight is 310 g/mol. The molecule has 0 aromatic heterocycles. The SMILES string of the molecule is COC(=O)c1ccc(C2(C(=O)OCc3ccccc3)CC2)cc1. The number of carbonyl (C=O) groups is 2. The second-order valence-corrected chi connectivity index (χ2v) is 5.71. The fourth-order valence-electron chi connectivity index (χ4n) is 2.64. The molecular formula is C19H18O4. The number of hydrogen-bond donors (Lipinski definition) is 0. The Bertz CT molecular complexity index is 700. The Labute approximate surface area is 135 Å². The van der Waals surface area contributed by atoms with Gasteiger partial charge >= 0.3 is 11.9 Å². The number of benzene rings is 2. The third-order valence-electron chi connectivity index (χ3n) is 4.21. The quantitative estimate of drug-likeness (QED) is 0.796. The summed E-state index contributed by atoms with van der Waals surface area (Å²) >= 11 is 0. The number of esters is 2. The first-order valence-corrected chi connectivity index (χ1v) is 7.56. The molecule has 1 saturated carbocycles. The first-order chi connectivity index (χ1) is 11.2. The molecule has 2 aromatic rings. The normalized spacial score (nSPS) is 14.8. The van der Waals surface area contributed by atoms with Crippen LogP contribution in [0.2, 0.25) is 0 Å². The maximum Gasteiger partial charge on any atom is 0.337 e. The fraction of sp³-hybridized carbons (Fsp3) is 0.263. The molecule has 3 rings (SSSR count). The maximum absolute atomic E-state index is 12.5. The van der Waals surface area contributed by atoms with Crippen LogP contribution in [0, 0.1) is 0 Å². The molecule has 0 amide bonds. The molecule has 0 saturated heterocycles. The van der Waals surface area contributed by atoms with Crippen molar-refractivity contribution in [1.29, 1.82) is 0 Å². The van der Waals surface area contributed by atoms with E-state index >= 15 is 0 Å². The lowest BCUT2D eigenvalue weighted by Crippen LogP contribution is -2.23. The molecule has 0 heterocycles. The van der Waals surface area contributed by atoms with Crippen LogP contribution in [0.5, 0.6) is 0 Å². The summed E-state index contributed by atoms with van der Waals surface area (Å²) in [5.74, 6) is -0.583. The summed E-state index contributed by atoms with van der Waals surface area (Å²) in [6.07, 6.45) is 1.55. The molecule has 0 aliphatic heterocycles. The van der Waals surface area contributed by atoms with Crippen LogP contribution < -0.4 is 0 Å². The third kappa shape index (κ3) is 3.11. The van der Waals surface area contributed by atoms with Crippen molar-refractivity contribution in [2.75, 3.05) is 7.11 Å². The molecule has 118 valence electrons. The van der Waals surface area contributed by atoms with E-state index in [9.17, 15) is 9.59 Å². The van der Waals surface area contributed by atoms with E-state index in [1.807, 2.05) is 42.5 Å². The Hall–Kier alpha value is -2.62. The minimum absolute atomic E-state index is 0.202. The Morgan fingerprint density at radius 3 is 2.22 bits per heavy atom. The lowest BCUT2D eigenvalue weighted by atomic mass is 9.95. The molecule has 4 heteroatoms. The second kappa shape index (κ2) is 6.24. The summed E-state index contributed by atoms with van der Waals surface area (Å²) in [4.78, 5) is 23.9. The first kappa shape index (κ1) is 15.3. The Morgan fingerprint density at radius 1 is 1.00 bits per heavy atom. The molecule has 1 aliphatic carbocycles.